The lowest BCUT2D eigenvalue weighted by atomic mass is 10.2. The van der Waals surface area contributed by atoms with Crippen LogP contribution >= 0.6 is 11.3 Å². The SMILES string of the molecule is O=C(c1cnn(-c2ccc([N+](=O)[O-])cc2)c1)N1CCCN(Cc2cccs2)CC1. The van der Waals surface area contributed by atoms with E-state index in [2.05, 4.69) is 27.5 Å². The fourth-order valence-corrected chi connectivity index (χ4v) is 4.19. The summed E-state index contributed by atoms with van der Waals surface area (Å²) in [4.78, 5) is 28.9. The third-order valence-corrected chi connectivity index (χ3v) is 5.85. The highest BCUT2D eigenvalue weighted by atomic mass is 32.1. The van der Waals surface area contributed by atoms with Crippen LogP contribution in [0.3, 0.4) is 0 Å². The van der Waals surface area contributed by atoms with Crippen LogP contribution < -0.4 is 0 Å². The summed E-state index contributed by atoms with van der Waals surface area (Å²) in [5.74, 6) is -0.0314. The zero-order chi connectivity index (χ0) is 20.2. The number of benzene rings is 1. The molecule has 1 aromatic carbocycles. The number of nitrogens with zero attached hydrogens (tertiary/aromatic N) is 5. The average Bonchev–Trinajstić information content (AvgIpc) is 3.37. The van der Waals surface area contributed by atoms with Crippen molar-refractivity contribution in [1.82, 2.24) is 19.6 Å². The topological polar surface area (TPSA) is 84.5 Å². The minimum atomic E-state index is -0.442. The number of rotatable bonds is 5. The number of nitro groups is 1. The maximum Gasteiger partial charge on any atom is 0.269 e. The number of non-ortho nitro benzene ring substituents is 1. The molecule has 0 atom stereocenters. The molecule has 0 N–H and O–H groups in total. The molecule has 3 aromatic rings. The van der Waals surface area contributed by atoms with Crippen molar-refractivity contribution in [2.75, 3.05) is 26.2 Å². The molecule has 1 saturated heterocycles. The number of nitro benzene ring substituents is 1. The molecule has 1 aliphatic rings. The minimum absolute atomic E-state index is 0.0221. The van der Waals surface area contributed by atoms with Gasteiger partial charge in [-0.2, -0.15) is 5.10 Å². The number of hydrogen-bond acceptors (Lipinski definition) is 6. The molecule has 29 heavy (non-hydrogen) atoms. The number of carbonyl (C=O) groups is 1. The van der Waals surface area contributed by atoms with E-state index >= 15 is 0 Å². The third kappa shape index (κ3) is 4.52. The highest BCUT2D eigenvalue weighted by Gasteiger charge is 2.22. The van der Waals surface area contributed by atoms with Crippen molar-refractivity contribution in [3.63, 3.8) is 0 Å². The van der Waals surface area contributed by atoms with E-state index in [4.69, 9.17) is 0 Å². The predicted octanol–water partition coefficient (Wildman–Crippen LogP) is 3.19. The molecule has 3 heterocycles. The quantitative estimate of drug-likeness (QED) is 0.476. The van der Waals surface area contributed by atoms with Gasteiger partial charge in [0.05, 0.1) is 22.4 Å². The fraction of sp³-hybridized carbons (Fsp3) is 0.300. The van der Waals surface area contributed by atoms with E-state index in [1.54, 1.807) is 40.5 Å². The Bertz CT molecular complexity index is 984. The maximum atomic E-state index is 12.9. The lowest BCUT2D eigenvalue weighted by Crippen LogP contribution is -2.34. The second kappa shape index (κ2) is 8.54. The molecule has 0 aliphatic carbocycles. The van der Waals surface area contributed by atoms with Crippen molar-refractivity contribution in [3.05, 3.63) is 74.7 Å². The number of hydrogen-bond donors (Lipinski definition) is 0. The largest absolute Gasteiger partial charge is 0.337 e. The van der Waals surface area contributed by atoms with Gasteiger partial charge in [0.15, 0.2) is 0 Å². The maximum absolute atomic E-state index is 12.9. The molecule has 0 spiro atoms. The zero-order valence-corrected chi connectivity index (χ0v) is 16.6. The molecule has 0 unspecified atom stereocenters. The summed E-state index contributed by atoms with van der Waals surface area (Å²) in [5, 5.41) is 17.1. The third-order valence-electron chi connectivity index (χ3n) is 4.99. The molecule has 2 aromatic heterocycles. The lowest BCUT2D eigenvalue weighted by molar-refractivity contribution is -0.384. The number of thiophene rings is 1. The minimum Gasteiger partial charge on any atom is -0.337 e. The van der Waals surface area contributed by atoms with E-state index in [0.717, 1.165) is 32.6 Å². The van der Waals surface area contributed by atoms with Crippen LogP contribution in [-0.2, 0) is 6.54 Å². The monoisotopic (exact) mass is 411 g/mol. The average molecular weight is 411 g/mol. The fourth-order valence-electron chi connectivity index (χ4n) is 3.44. The van der Waals surface area contributed by atoms with Gasteiger partial charge in [0.2, 0.25) is 0 Å². The molecular weight excluding hydrogens is 390 g/mol. The second-order valence-corrected chi connectivity index (χ2v) is 7.98. The predicted molar refractivity (Wildman–Crippen MR) is 110 cm³/mol. The Morgan fingerprint density at radius 2 is 1.97 bits per heavy atom. The lowest BCUT2D eigenvalue weighted by Gasteiger charge is -2.21. The van der Waals surface area contributed by atoms with Gasteiger partial charge in [-0.15, -0.1) is 11.3 Å². The number of amides is 1. The van der Waals surface area contributed by atoms with Gasteiger partial charge in [0.25, 0.3) is 11.6 Å². The highest BCUT2D eigenvalue weighted by molar-refractivity contribution is 7.09. The summed E-state index contributed by atoms with van der Waals surface area (Å²) >= 11 is 1.76. The van der Waals surface area contributed by atoms with Crippen LogP contribution in [0.4, 0.5) is 5.69 Å². The molecular formula is C20H21N5O3S. The van der Waals surface area contributed by atoms with Gasteiger partial charge in [0.1, 0.15) is 0 Å². The first-order valence-corrected chi connectivity index (χ1v) is 10.3. The van der Waals surface area contributed by atoms with Gasteiger partial charge in [-0.25, -0.2) is 4.68 Å². The summed E-state index contributed by atoms with van der Waals surface area (Å²) in [6, 6.07) is 10.3. The van der Waals surface area contributed by atoms with Crippen molar-refractivity contribution < 1.29 is 9.72 Å². The van der Waals surface area contributed by atoms with Crippen LogP contribution in [0.2, 0.25) is 0 Å². The van der Waals surface area contributed by atoms with Crippen molar-refractivity contribution >= 4 is 22.9 Å². The van der Waals surface area contributed by atoms with Gasteiger partial charge in [-0.05, 0) is 30.0 Å². The van der Waals surface area contributed by atoms with Gasteiger partial charge in [-0.3, -0.25) is 19.8 Å². The van der Waals surface area contributed by atoms with Crippen LogP contribution in [0, 0.1) is 10.1 Å². The molecule has 9 heteroatoms. The first kappa shape index (κ1) is 19.3. The summed E-state index contributed by atoms with van der Waals surface area (Å²) in [5.41, 5.74) is 1.22. The van der Waals surface area contributed by atoms with E-state index in [-0.39, 0.29) is 11.6 Å². The van der Waals surface area contributed by atoms with E-state index < -0.39 is 4.92 Å². The summed E-state index contributed by atoms with van der Waals surface area (Å²) < 4.78 is 1.57. The molecule has 1 amide bonds. The summed E-state index contributed by atoms with van der Waals surface area (Å²) in [6.07, 6.45) is 4.17. The molecule has 150 valence electrons. The Hall–Kier alpha value is -3.04. The van der Waals surface area contributed by atoms with Crippen LogP contribution in [0.5, 0.6) is 0 Å². The van der Waals surface area contributed by atoms with E-state index in [9.17, 15) is 14.9 Å². The molecule has 0 bridgehead atoms. The number of aromatic nitrogens is 2. The number of carbonyl (C=O) groups excluding carboxylic acids is 1. The van der Waals surface area contributed by atoms with Crippen LogP contribution in [-0.4, -0.2) is 56.6 Å². The second-order valence-electron chi connectivity index (χ2n) is 6.95. The Kier molecular flexibility index (Phi) is 5.68. The molecule has 8 nitrogen and oxygen atoms in total. The summed E-state index contributed by atoms with van der Waals surface area (Å²) in [7, 11) is 0. The van der Waals surface area contributed by atoms with Crippen molar-refractivity contribution in [2.45, 2.75) is 13.0 Å². The van der Waals surface area contributed by atoms with Crippen LogP contribution in [0.15, 0.2) is 54.2 Å². The molecule has 1 fully saturated rings. The van der Waals surface area contributed by atoms with E-state index in [1.807, 2.05) is 4.90 Å². The van der Waals surface area contributed by atoms with Crippen molar-refractivity contribution in [1.29, 1.82) is 0 Å². The first-order chi connectivity index (χ1) is 14.1. The Labute approximate surface area is 172 Å². The van der Waals surface area contributed by atoms with Gasteiger partial charge < -0.3 is 4.90 Å². The van der Waals surface area contributed by atoms with Crippen molar-refractivity contribution in [2.24, 2.45) is 0 Å². The Morgan fingerprint density at radius 1 is 1.14 bits per heavy atom. The van der Waals surface area contributed by atoms with Gasteiger partial charge in [-0.1, -0.05) is 6.07 Å². The van der Waals surface area contributed by atoms with Crippen molar-refractivity contribution in [3.8, 4) is 5.69 Å². The summed E-state index contributed by atoms with van der Waals surface area (Å²) in [6.45, 7) is 4.16. The Balaban J connectivity index is 1.40. The van der Waals surface area contributed by atoms with Crippen LogP contribution in [0.1, 0.15) is 21.7 Å². The normalized spacial score (nSPS) is 15.2. The first-order valence-electron chi connectivity index (χ1n) is 9.44. The smallest absolute Gasteiger partial charge is 0.269 e. The highest BCUT2D eigenvalue weighted by Crippen LogP contribution is 2.17. The molecule has 0 radical (unpaired) electrons. The molecule has 0 saturated carbocycles. The standard InChI is InChI=1S/C20H21N5O3S/c26-20(23-9-2-8-22(10-11-23)15-19-3-1-12-29-19)16-13-21-24(14-16)17-4-6-18(7-5-17)25(27)28/h1,3-7,12-14H,2,8-11,15H2. The molecule has 1 aliphatic heterocycles. The van der Waals surface area contributed by atoms with E-state index in [1.165, 1.54) is 17.0 Å². The van der Waals surface area contributed by atoms with E-state index in [0.29, 0.717) is 17.8 Å². The molecule has 4 rings (SSSR count). The van der Waals surface area contributed by atoms with Gasteiger partial charge >= 0.3 is 0 Å². The zero-order valence-electron chi connectivity index (χ0n) is 15.8. The Morgan fingerprint density at radius 3 is 2.69 bits per heavy atom. The van der Waals surface area contributed by atoms with Gasteiger partial charge in [0, 0.05) is 55.9 Å². The van der Waals surface area contributed by atoms with Crippen LogP contribution in [0.25, 0.3) is 5.69 Å².